The molecule has 0 saturated heterocycles. The molecule has 2 aromatic carbocycles. The summed E-state index contributed by atoms with van der Waals surface area (Å²) in [4.78, 5) is 34.0. The number of thiazole rings is 1. The number of nitrogens with zero attached hydrogens (tertiary/aromatic N) is 2. The molecule has 3 rings (SSSR count). The average Bonchev–Trinajstić information content (AvgIpc) is 3.11. The van der Waals surface area contributed by atoms with Crippen LogP contribution in [0.1, 0.15) is 27.9 Å². The van der Waals surface area contributed by atoms with Crippen LogP contribution in [-0.4, -0.2) is 22.8 Å². The first-order chi connectivity index (χ1) is 14.8. The SMILES string of the molecule is CC(=O)Nc1nc(CCc2ccc(N=C(N)N)cc2)c(C(=O)Nc2ccc(S)cc2)s1. The number of hydrogen-bond acceptors (Lipinski definition) is 6. The molecule has 0 aliphatic rings. The molecule has 0 spiro atoms. The lowest BCUT2D eigenvalue weighted by molar-refractivity contribution is -0.114. The van der Waals surface area contributed by atoms with Gasteiger partial charge in [0.15, 0.2) is 11.1 Å². The Bertz CT molecular complexity index is 1100. The van der Waals surface area contributed by atoms with Crippen LogP contribution >= 0.6 is 24.0 Å². The van der Waals surface area contributed by atoms with Gasteiger partial charge in [-0.15, -0.1) is 12.6 Å². The largest absolute Gasteiger partial charge is 0.370 e. The molecule has 0 unspecified atom stereocenters. The predicted octanol–water partition coefficient (Wildman–Crippen LogP) is 3.33. The first-order valence-corrected chi connectivity index (χ1v) is 10.6. The second kappa shape index (κ2) is 10.1. The number of hydrogen-bond donors (Lipinski definition) is 5. The minimum Gasteiger partial charge on any atom is -0.370 e. The molecular formula is C21H22N6O2S2. The van der Waals surface area contributed by atoms with Crippen LogP contribution in [0.5, 0.6) is 0 Å². The zero-order valence-electron chi connectivity index (χ0n) is 16.8. The van der Waals surface area contributed by atoms with Gasteiger partial charge in [0.2, 0.25) is 5.91 Å². The van der Waals surface area contributed by atoms with Crippen molar-refractivity contribution in [1.29, 1.82) is 0 Å². The van der Waals surface area contributed by atoms with Crippen LogP contribution in [0.2, 0.25) is 0 Å². The second-order valence-electron chi connectivity index (χ2n) is 6.68. The summed E-state index contributed by atoms with van der Waals surface area (Å²) >= 11 is 5.40. The van der Waals surface area contributed by atoms with Crippen molar-refractivity contribution in [3.63, 3.8) is 0 Å². The highest BCUT2D eigenvalue weighted by molar-refractivity contribution is 7.80. The Morgan fingerprint density at radius 1 is 1.03 bits per heavy atom. The number of anilines is 2. The number of amides is 2. The average molecular weight is 455 g/mol. The highest BCUT2D eigenvalue weighted by Crippen LogP contribution is 2.26. The Balaban J connectivity index is 1.77. The maximum Gasteiger partial charge on any atom is 0.267 e. The number of carbonyl (C=O) groups is 2. The molecule has 0 bridgehead atoms. The molecule has 0 atom stereocenters. The van der Waals surface area contributed by atoms with Gasteiger partial charge in [-0.3, -0.25) is 9.59 Å². The normalized spacial score (nSPS) is 10.4. The van der Waals surface area contributed by atoms with Crippen molar-refractivity contribution in [2.45, 2.75) is 24.7 Å². The molecule has 2 amide bonds. The van der Waals surface area contributed by atoms with Gasteiger partial charge in [-0.2, -0.15) is 0 Å². The minimum absolute atomic E-state index is 0.000359. The third-order valence-corrected chi connectivity index (χ3v) is 5.47. The second-order valence-corrected chi connectivity index (χ2v) is 8.20. The molecule has 0 saturated carbocycles. The molecule has 0 fully saturated rings. The molecule has 3 aromatic rings. The van der Waals surface area contributed by atoms with Crippen LogP contribution in [0.25, 0.3) is 0 Å². The molecule has 0 aliphatic heterocycles. The summed E-state index contributed by atoms with van der Waals surface area (Å²) in [5.74, 6) is -0.522. The monoisotopic (exact) mass is 454 g/mol. The summed E-state index contributed by atoms with van der Waals surface area (Å²) < 4.78 is 0. The topological polar surface area (TPSA) is 135 Å². The molecular weight excluding hydrogens is 432 g/mol. The molecule has 8 nitrogen and oxygen atoms in total. The number of rotatable bonds is 7. The zero-order chi connectivity index (χ0) is 22.4. The summed E-state index contributed by atoms with van der Waals surface area (Å²) in [5, 5.41) is 5.91. The van der Waals surface area contributed by atoms with E-state index in [2.05, 4.69) is 33.2 Å². The number of nitrogens with one attached hydrogen (secondary N) is 2. The molecule has 1 aromatic heterocycles. The fourth-order valence-electron chi connectivity index (χ4n) is 2.78. The van der Waals surface area contributed by atoms with Crippen molar-refractivity contribution < 1.29 is 9.59 Å². The summed E-state index contributed by atoms with van der Waals surface area (Å²) in [5.41, 5.74) is 13.8. The highest BCUT2D eigenvalue weighted by Gasteiger charge is 2.19. The fourth-order valence-corrected chi connectivity index (χ4v) is 3.89. The lowest BCUT2D eigenvalue weighted by Gasteiger charge is -2.06. The number of carbonyl (C=O) groups excluding carboxylic acids is 2. The number of aliphatic imine (C=N–C) groups is 1. The Labute approximate surface area is 189 Å². The van der Waals surface area contributed by atoms with Crippen molar-refractivity contribution in [3.05, 3.63) is 64.7 Å². The summed E-state index contributed by atoms with van der Waals surface area (Å²) in [7, 11) is 0. The van der Waals surface area contributed by atoms with E-state index in [1.54, 1.807) is 24.3 Å². The summed E-state index contributed by atoms with van der Waals surface area (Å²) in [6.07, 6.45) is 1.18. The maximum atomic E-state index is 12.9. The number of aromatic nitrogens is 1. The van der Waals surface area contributed by atoms with Gasteiger partial charge in [0.25, 0.3) is 5.91 Å². The van der Waals surface area contributed by atoms with Crippen LogP contribution in [0.3, 0.4) is 0 Å². The maximum absolute atomic E-state index is 12.9. The van der Waals surface area contributed by atoms with Crippen LogP contribution < -0.4 is 22.1 Å². The van der Waals surface area contributed by atoms with Gasteiger partial charge in [-0.1, -0.05) is 23.5 Å². The van der Waals surface area contributed by atoms with Crippen molar-refractivity contribution in [2.75, 3.05) is 10.6 Å². The zero-order valence-corrected chi connectivity index (χ0v) is 18.5. The molecule has 6 N–H and O–H groups in total. The highest BCUT2D eigenvalue weighted by atomic mass is 32.1. The van der Waals surface area contributed by atoms with Gasteiger partial charge in [-0.25, -0.2) is 9.98 Å². The van der Waals surface area contributed by atoms with Gasteiger partial charge < -0.3 is 22.1 Å². The van der Waals surface area contributed by atoms with Crippen LogP contribution in [0, 0.1) is 0 Å². The van der Waals surface area contributed by atoms with E-state index in [0.717, 1.165) is 21.8 Å². The van der Waals surface area contributed by atoms with E-state index in [1.807, 2.05) is 24.3 Å². The molecule has 0 aliphatic carbocycles. The van der Waals surface area contributed by atoms with Gasteiger partial charge in [0.05, 0.1) is 11.4 Å². The number of guanidine groups is 1. The van der Waals surface area contributed by atoms with E-state index in [4.69, 9.17) is 11.5 Å². The fraction of sp³-hybridized carbons (Fsp3) is 0.143. The molecule has 31 heavy (non-hydrogen) atoms. The smallest absolute Gasteiger partial charge is 0.267 e. The Morgan fingerprint density at radius 2 is 1.71 bits per heavy atom. The van der Waals surface area contributed by atoms with Crippen molar-refractivity contribution in [1.82, 2.24) is 4.98 Å². The van der Waals surface area contributed by atoms with Gasteiger partial charge in [0, 0.05) is 17.5 Å². The number of thiol groups is 1. The van der Waals surface area contributed by atoms with Crippen molar-refractivity contribution in [2.24, 2.45) is 16.5 Å². The van der Waals surface area contributed by atoms with E-state index in [-0.39, 0.29) is 17.8 Å². The standard InChI is InChI=1S/C21H22N6O2S2/c1-12(28)24-21-27-17(11-4-13-2-5-15(6-3-13)26-20(22)23)18(31-21)19(29)25-14-7-9-16(30)10-8-14/h2-3,5-10,30H,4,11H2,1H3,(H,25,29)(H4,22,23,26)(H,24,27,28). The van der Waals surface area contributed by atoms with Crippen molar-refractivity contribution >= 4 is 58.2 Å². The van der Waals surface area contributed by atoms with E-state index < -0.39 is 0 Å². The number of benzene rings is 2. The first-order valence-electron chi connectivity index (χ1n) is 9.36. The van der Waals surface area contributed by atoms with E-state index in [0.29, 0.717) is 39.9 Å². The third kappa shape index (κ3) is 6.56. The molecule has 0 radical (unpaired) electrons. The van der Waals surface area contributed by atoms with Gasteiger partial charge in [0.1, 0.15) is 4.88 Å². The van der Waals surface area contributed by atoms with E-state index >= 15 is 0 Å². The lowest BCUT2D eigenvalue weighted by Crippen LogP contribution is -2.21. The summed E-state index contributed by atoms with van der Waals surface area (Å²) in [6.45, 7) is 1.40. The Morgan fingerprint density at radius 3 is 2.32 bits per heavy atom. The van der Waals surface area contributed by atoms with E-state index in [1.165, 1.54) is 6.92 Å². The van der Waals surface area contributed by atoms with Crippen molar-refractivity contribution in [3.8, 4) is 0 Å². The van der Waals surface area contributed by atoms with E-state index in [9.17, 15) is 9.59 Å². The van der Waals surface area contributed by atoms with Gasteiger partial charge in [-0.05, 0) is 54.8 Å². The Kier molecular flexibility index (Phi) is 7.27. The number of nitrogens with two attached hydrogens (primary N) is 2. The summed E-state index contributed by atoms with van der Waals surface area (Å²) in [6, 6.07) is 14.6. The van der Waals surface area contributed by atoms with Crippen LogP contribution in [0.15, 0.2) is 58.4 Å². The molecule has 160 valence electrons. The predicted molar refractivity (Wildman–Crippen MR) is 127 cm³/mol. The van der Waals surface area contributed by atoms with Crippen LogP contribution in [0.4, 0.5) is 16.5 Å². The first kappa shape index (κ1) is 22.3. The Hall–Kier alpha value is -3.37. The minimum atomic E-state index is -0.279. The quantitative estimate of drug-likeness (QED) is 0.212. The van der Waals surface area contributed by atoms with Gasteiger partial charge >= 0.3 is 0 Å². The lowest BCUT2D eigenvalue weighted by atomic mass is 10.1. The number of aryl methyl sites for hydroxylation is 2. The molecule has 10 heteroatoms. The third-order valence-electron chi connectivity index (χ3n) is 4.16. The van der Waals surface area contributed by atoms with Crippen LogP contribution in [-0.2, 0) is 17.6 Å². The molecule has 1 heterocycles.